The highest BCUT2D eigenvalue weighted by Crippen LogP contribution is 2.22. The van der Waals surface area contributed by atoms with Crippen molar-refractivity contribution in [2.24, 2.45) is 0 Å². The van der Waals surface area contributed by atoms with E-state index in [2.05, 4.69) is 4.98 Å². The Bertz CT molecular complexity index is 734. The molecule has 1 saturated heterocycles. The van der Waals surface area contributed by atoms with Crippen LogP contribution in [0.15, 0.2) is 42.6 Å². The molecule has 1 fully saturated rings. The number of benzene rings is 1. The highest BCUT2D eigenvalue weighted by molar-refractivity contribution is 6.30. The molecule has 0 saturated carbocycles. The number of nitrogens with zero attached hydrogens (tertiary/aromatic N) is 3. The Balaban J connectivity index is 1.56. The van der Waals surface area contributed by atoms with Crippen LogP contribution < -0.4 is 4.74 Å². The molecular formula is C16H12ClN3O2. The number of rotatable bonds is 3. The maximum atomic E-state index is 12.2. The fourth-order valence-corrected chi connectivity index (χ4v) is 2.36. The van der Waals surface area contributed by atoms with E-state index in [1.165, 1.54) is 12.3 Å². The molecule has 1 aliphatic heterocycles. The Morgan fingerprint density at radius 1 is 1.36 bits per heavy atom. The Morgan fingerprint density at radius 2 is 2.18 bits per heavy atom. The monoisotopic (exact) mass is 313 g/mol. The summed E-state index contributed by atoms with van der Waals surface area (Å²) in [6.45, 7) is 1.04. The third-order valence-corrected chi connectivity index (χ3v) is 3.59. The first-order valence-corrected chi connectivity index (χ1v) is 7.11. The Kier molecular flexibility index (Phi) is 3.94. The van der Waals surface area contributed by atoms with E-state index in [0.29, 0.717) is 35.1 Å². The molecule has 0 bridgehead atoms. The average molecular weight is 314 g/mol. The summed E-state index contributed by atoms with van der Waals surface area (Å²) < 4.78 is 5.75. The number of likely N-dealkylation sites (tertiary alicyclic amines) is 1. The Hall–Kier alpha value is -2.58. The van der Waals surface area contributed by atoms with Crippen LogP contribution in [0, 0.1) is 11.3 Å². The molecule has 0 unspecified atom stereocenters. The lowest BCUT2D eigenvalue weighted by Crippen LogP contribution is -2.56. The summed E-state index contributed by atoms with van der Waals surface area (Å²) in [5.41, 5.74) is 0.766. The third-order valence-electron chi connectivity index (χ3n) is 3.36. The molecule has 110 valence electrons. The molecule has 2 aromatic rings. The zero-order valence-electron chi connectivity index (χ0n) is 11.6. The summed E-state index contributed by atoms with van der Waals surface area (Å²) in [6, 6.07) is 12.2. The number of carbonyl (C=O) groups is 1. The molecule has 22 heavy (non-hydrogen) atoms. The summed E-state index contributed by atoms with van der Waals surface area (Å²) in [6.07, 6.45) is 1.39. The minimum absolute atomic E-state index is 0.0336. The summed E-state index contributed by atoms with van der Waals surface area (Å²) >= 11 is 5.90. The smallest absolute Gasteiger partial charge is 0.255 e. The lowest BCUT2D eigenvalue weighted by atomic mass is 10.1. The van der Waals surface area contributed by atoms with Crippen LogP contribution >= 0.6 is 11.6 Å². The van der Waals surface area contributed by atoms with Crippen LogP contribution in [-0.2, 0) is 0 Å². The molecule has 0 aliphatic carbocycles. The van der Waals surface area contributed by atoms with Crippen molar-refractivity contribution in [2.75, 3.05) is 13.1 Å². The van der Waals surface area contributed by atoms with Crippen molar-refractivity contribution in [1.29, 1.82) is 5.26 Å². The van der Waals surface area contributed by atoms with Gasteiger partial charge in [0.05, 0.1) is 18.7 Å². The second kappa shape index (κ2) is 6.04. The Labute approximate surface area is 132 Å². The molecule has 2 heterocycles. The van der Waals surface area contributed by atoms with Crippen molar-refractivity contribution in [1.82, 2.24) is 9.88 Å². The fraction of sp³-hybridized carbons (Fsp3) is 0.188. The van der Waals surface area contributed by atoms with Gasteiger partial charge in [-0.3, -0.25) is 4.79 Å². The quantitative estimate of drug-likeness (QED) is 0.873. The molecule has 1 aromatic carbocycles. The molecule has 0 radical (unpaired) electrons. The van der Waals surface area contributed by atoms with Gasteiger partial charge in [0.1, 0.15) is 23.6 Å². The largest absolute Gasteiger partial charge is 0.487 e. The lowest BCUT2D eigenvalue weighted by molar-refractivity contribution is 0.0177. The second-order valence-electron chi connectivity index (χ2n) is 4.95. The highest BCUT2D eigenvalue weighted by atomic mass is 35.5. The molecule has 0 N–H and O–H groups in total. The standard InChI is InChI=1S/C16H12ClN3O2/c17-12-2-1-3-14(6-12)22-15-9-20(10-15)16(21)11-4-5-13(7-18)19-8-11/h1-6,8,15H,9-10H2. The first kappa shape index (κ1) is 14.4. The summed E-state index contributed by atoms with van der Waals surface area (Å²) in [4.78, 5) is 17.8. The molecule has 1 aliphatic rings. The van der Waals surface area contributed by atoms with Gasteiger partial charge in [-0.15, -0.1) is 0 Å². The van der Waals surface area contributed by atoms with E-state index >= 15 is 0 Å². The van der Waals surface area contributed by atoms with E-state index in [9.17, 15) is 4.79 Å². The molecular weight excluding hydrogens is 302 g/mol. The summed E-state index contributed by atoms with van der Waals surface area (Å²) in [5.74, 6) is 0.590. The predicted molar refractivity (Wildman–Crippen MR) is 80.7 cm³/mol. The van der Waals surface area contributed by atoms with Gasteiger partial charge in [-0.2, -0.15) is 5.26 Å². The summed E-state index contributed by atoms with van der Waals surface area (Å²) in [5, 5.41) is 9.31. The van der Waals surface area contributed by atoms with Gasteiger partial charge < -0.3 is 9.64 Å². The molecule has 0 spiro atoms. The molecule has 1 amide bonds. The van der Waals surface area contributed by atoms with Crippen LogP contribution in [0.4, 0.5) is 0 Å². The van der Waals surface area contributed by atoms with Gasteiger partial charge >= 0.3 is 0 Å². The van der Waals surface area contributed by atoms with Crippen molar-refractivity contribution in [3.8, 4) is 11.8 Å². The van der Waals surface area contributed by atoms with Crippen LogP contribution in [0.5, 0.6) is 5.75 Å². The zero-order chi connectivity index (χ0) is 15.5. The average Bonchev–Trinajstić information content (AvgIpc) is 2.50. The highest BCUT2D eigenvalue weighted by Gasteiger charge is 2.32. The number of nitriles is 1. The van der Waals surface area contributed by atoms with Gasteiger partial charge in [-0.25, -0.2) is 4.98 Å². The van der Waals surface area contributed by atoms with Gasteiger partial charge in [0, 0.05) is 11.2 Å². The number of carbonyl (C=O) groups excluding carboxylic acids is 1. The van der Waals surface area contributed by atoms with Crippen LogP contribution in [-0.4, -0.2) is 35.0 Å². The normalized spacial score (nSPS) is 14.1. The number of pyridine rings is 1. The van der Waals surface area contributed by atoms with Crippen LogP contribution in [0.2, 0.25) is 5.02 Å². The number of hydrogen-bond acceptors (Lipinski definition) is 4. The maximum Gasteiger partial charge on any atom is 0.255 e. The van der Waals surface area contributed by atoms with Gasteiger partial charge in [-0.05, 0) is 30.3 Å². The van der Waals surface area contributed by atoms with E-state index < -0.39 is 0 Å². The van der Waals surface area contributed by atoms with Crippen molar-refractivity contribution in [3.63, 3.8) is 0 Å². The first-order chi connectivity index (χ1) is 10.7. The number of halogens is 1. The molecule has 5 nitrogen and oxygen atoms in total. The maximum absolute atomic E-state index is 12.2. The number of ether oxygens (including phenoxy) is 1. The van der Waals surface area contributed by atoms with E-state index in [1.54, 1.807) is 23.1 Å². The molecule has 1 aromatic heterocycles. The first-order valence-electron chi connectivity index (χ1n) is 6.73. The van der Waals surface area contributed by atoms with Gasteiger partial charge in [0.25, 0.3) is 5.91 Å². The lowest BCUT2D eigenvalue weighted by Gasteiger charge is -2.39. The fourth-order valence-electron chi connectivity index (χ4n) is 2.18. The second-order valence-corrected chi connectivity index (χ2v) is 5.39. The molecule has 0 atom stereocenters. The van der Waals surface area contributed by atoms with Crippen molar-refractivity contribution in [2.45, 2.75) is 6.10 Å². The van der Waals surface area contributed by atoms with E-state index in [0.717, 1.165) is 0 Å². The third kappa shape index (κ3) is 3.02. The number of amides is 1. The van der Waals surface area contributed by atoms with Crippen molar-refractivity contribution >= 4 is 17.5 Å². The Morgan fingerprint density at radius 3 is 2.82 bits per heavy atom. The van der Waals surface area contributed by atoms with Crippen LogP contribution in [0.3, 0.4) is 0 Å². The predicted octanol–water partition coefficient (Wildman–Crippen LogP) is 2.51. The van der Waals surface area contributed by atoms with Crippen LogP contribution in [0.25, 0.3) is 0 Å². The number of aromatic nitrogens is 1. The van der Waals surface area contributed by atoms with Gasteiger partial charge in [-0.1, -0.05) is 17.7 Å². The SMILES string of the molecule is N#Cc1ccc(C(=O)N2CC(Oc3cccc(Cl)c3)C2)cn1. The topological polar surface area (TPSA) is 66.2 Å². The van der Waals surface area contributed by atoms with Crippen molar-refractivity contribution in [3.05, 3.63) is 58.9 Å². The molecule has 6 heteroatoms. The van der Waals surface area contributed by atoms with E-state index in [4.69, 9.17) is 21.6 Å². The minimum atomic E-state index is -0.108. The summed E-state index contributed by atoms with van der Waals surface area (Å²) in [7, 11) is 0. The van der Waals surface area contributed by atoms with E-state index in [1.807, 2.05) is 18.2 Å². The number of hydrogen-bond donors (Lipinski definition) is 0. The minimum Gasteiger partial charge on any atom is -0.487 e. The molecule has 3 rings (SSSR count). The van der Waals surface area contributed by atoms with E-state index in [-0.39, 0.29) is 12.0 Å². The van der Waals surface area contributed by atoms with Gasteiger partial charge in [0.15, 0.2) is 0 Å². The van der Waals surface area contributed by atoms with Crippen LogP contribution in [0.1, 0.15) is 16.1 Å². The zero-order valence-corrected chi connectivity index (χ0v) is 12.3. The van der Waals surface area contributed by atoms with Gasteiger partial charge in [0.2, 0.25) is 0 Å². The van der Waals surface area contributed by atoms with Crippen molar-refractivity contribution < 1.29 is 9.53 Å².